The van der Waals surface area contributed by atoms with Gasteiger partial charge in [0.25, 0.3) is 0 Å². The lowest BCUT2D eigenvalue weighted by Crippen LogP contribution is -2.18. The molecule has 7 nitrogen and oxygen atoms in total. The van der Waals surface area contributed by atoms with Crippen LogP contribution in [-0.2, 0) is 0 Å². The maximum atomic E-state index is 8.33. The van der Waals surface area contributed by atoms with Crippen molar-refractivity contribution in [2.45, 2.75) is 39.7 Å². The number of nitrogen functional groups attached to an aromatic ring is 1. The minimum atomic E-state index is 0.145. The van der Waals surface area contributed by atoms with Crippen LogP contribution in [0.5, 0.6) is 0 Å². The molecule has 0 amide bonds. The molecule has 0 bridgehead atoms. The summed E-state index contributed by atoms with van der Waals surface area (Å²) < 4.78 is 5.24. The number of nitrogens with two attached hydrogens (primary N) is 1. The van der Waals surface area contributed by atoms with Crippen molar-refractivity contribution in [3.8, 4) is 0 Å². The Bertz CT molecular complexity index is 647. The molecule has 0 aliphatic heterocycles. The van der Waals surface area contributed by atoms with Crippen molar-refractivity contribution >= 4 is 17.3 Å². The highest BCUT2D eigenvalue weighted by Crippen LogP contribution is 2.23. The zero-order chi connectivity index (χ0) is 15.6. The zero-order valence-electron chi connectivity index (χ0n) is 12.6. The lowest BCUT2D eigenvalue weighted by molar-refractivity contribution is 0.370. The second kappa shape index (κ2) is 5.90. The van der Waals surface area contributed by atoms with Crippen molar-refractivity contribution in [3.63, 3.8) is 0 Å². The zero-order valence-corrected chi connectivity index (χ0v) is 12.6. The van der Waals surface area contributed by atoms with Gasteiger partial charge in [0, 0.05) is 18.0 Å². The number of nitrogens with one attached hydrogen (secondary N) is 2. The first-order valence-corrected chi connectivity index (χ1v) is 6.83. The monoisotopic (exact) mass is 288 g/mol. The van der Waals surface area contributed by atoms with Gasteiger partial charge in [0.2, 0.25) is 0 Å². The minimum absolute atomic E-state index is 0.145. The second-order valence-electron chi connectivity index (χ2n) is 5.43. The fourth-order valence-corrected chi connectivity index (χ4v) is 1.84. The third kappa shape index (κ3) is 3.18. The Balaban J connectivity index is 2.42. The highest BCUT2D eigenvalue weighted by Gasteiger charge is 2.20. The number of hydrogen-bond acceptors (Lipinski definition) is 7. The van der Waals surface area contributed by atoms with Gasteiger partial charge in [-0.2, -0.15) is 0 Å². The van der Waals surface area contributed by atoms with Gasteiger partial charge in [-0.15, -0.1) is 0 Å². The van der Waals surface area contributed by atoms with Crippen LogP contribution in [-0.4, -0.2) is 26.9 Å². The molecule has 2 aromatic heterocycles. The Morgan fingerprint density at radius 2 is 2.00 bits per heavy atom. The summed E-state index contributed by atoms with van der Waals surface area (Å²) in [6.07, 6.45) is 1.37. The Kier molecular flexibility index (Phi) is 4.21. The molecule has 0 saturated carbocycles. The number of anilines is 2. The average Bonchev–Trinajstić information content (AvgIpc) is 2.87. The lowest BCUT2D eigenvalue weighted by Gasteiger charge is -2.14. The van der Waals surface area contributed by atoms with Crippen molar-refractivity contribution in [2.24, 2.45) is 0 Å². The van der Waals surface area contributed by atoms with Gasteiger partial charge >= 0.3 is 0 Å². The van der Waals surface area contributed by atoms with Crippen molar-refractivity contribution in [1.82, 2.24) is 15.1 Å². The fourth-order valence-electron chi connectivity index (χ4n) is 1.84. The number of nitrogens with zero attached hydrogens (tertiary/aromatic N) is 3. The topological polar surface area (TPSA) is 114 Å². The first-order valence-electron chi connectivity index (χ1n) is 6.83. The quantitative estimate of drug-likeness (QED) is 0.728. The summed E-state index contributed by atoms with van der Waals surface area (Å²) in [7, 11) is 0. The Morgan fingerprint density at radius 1 is 1.29 bits per heavy atom. The van der Waals surface area contributed by atoms with Crippen LogP contribution in [0, 0.1) is 5.41 Å². The molecule has 0 aliphatic carbocycles. The third-order valence-corrected chi connectivity index (χ3v) is 2.91. The Labute approximate surface area is 123 Å². The highest BCUT2D eigenvalue weighted by atomic mass is 16.5. The summed E-state index contributed by atoms with van der Waals surface area (Å²) >= 11 is 0. The summed E-state index contributed by atoms with van der Waals surface area (Å²) in [5.41, 5.74) is 6.92. The maximum Gasteiger partial charge on any atom is 0.141 e. The average molecular weight is 288 g/mol. The van der Waals surface area contributed by atoms with E-state index < -0.39 is 0 Å². The molecular formula is C14H20N6O. The van der Waals surface area contributed by atoms with E-state index in [2.05, 4.69) is 20.4 Å². The van der Waals surface area contributed by atoms with E-state index in [1.807, 2.05) is 27.7 Å². The standard InChI is InChI=1S/C14H20N6O/c1-7(2)10-5-9(20-21-10)12(15)11-13(16)17-6-18-14(11)19-8(3)4/h5-8,15H,1-4H3,(H3,16,17,18,19). The molecule has 0 unspecified atom stereocenters. The molecule has 2 heterocycles. The molecule has 0 fully saturated rings. The molecular weight excluding hydrogens is 268 g/mol. The lowest BCUT2D eigenvalue weighted by atomic mass is 10.1. The molecule has 112 valence electrons. The summed E-state index contributed by atoms with van der Waals surface area (Å²) in [6.45, 7) is 7.97. The molecule has 0 aliphatic rings. The molecule has 2 aromatic rings. The molecule has 0 saturated heterocycles. The van der Waals surface area contributed by atoms with Gasteiger partial charge in [0.1, 0.15) is 29.4 Å². The largest absolute Gasteiger partial charge is 0.383 e. The molecule has 0 atom stereocenters. The van der Waals surface area contributed by atoms with E-state index in [4.69, 9.17) is 15.7 Å². The highest BCUT2D eigenvalue weighted by molar-refractivity contribution is 6.15. The fraction of sp³-hybridized carbons (Fsp3) is 0.429. The van der Waals surface area contributed by atoms with Gasteiger partial charge in [0.15, 0.2) is 0 Å². The van der Waals surface area contributed by atoms with E-state index in [9.17, 15) is 0 Å². The Morgan fingerprint density at radius 3 is 2.57 bits per heavy atom. The molecule has 0 radical (unpaired) electrons. The summed E-state index contributed by atoms with van der Waals surface area (Å²) in [5, 5.41) is 15.4. The second-order valence-corrected chi connectivity index (χ2v) is 5.43. The number of hydrogen-bond donors (Lipinski definition) is 3. The summed E-state index contributed by atoms with van der Waals surface area (Å²) in [5.74, 6) is 1.70. The van der Waals surface area contributed by atoms with E-state index in [0.717, 1.165) is 5.76 Å². The summed E-state index contributed by atoms with van der Waals surface area (Å²) in [4.78, 5) is 8.13. The van der Waals surface area contributed by atoms with Crippen LogP contribution in [0.25, 0.3) is 0 Å². The SMILES string of the molecule is CC(C)Nc1ncnc(N)c1C(=N)c1cc(C(C)C)on1. The van der Waals surface area contributed by atoms with E-state index >= 15 is 0 Å². The van der Waals surface area contributed by atoms with Crippen molar-refractivity contribution in [3.05, 3.63) is 29.4 Å². The predicted molar refractivity (Wildman–Crippen MR) is 81.7 cm³/mol. The van der Waals surface area contributed by atoms with Gasteiger partial charge in [0.05, 0.1) is 11.3 Å². The Hall–Kier alpha value is -2.44. The molecule has 2 rings (SSSR count). The van der Waals surface area contributed by atoms with E-state index in [-0.39, 0.29) is 23.5 Å². The van der Waals surface area contributed by atoms with Gasteiger partial charge in [-0.1, -0.05) is 19.0 Å². The third-order valence-electron chi connectivity index (χ3n) is 2.91. The van der Waals surface area contributed by atoms with Crippen LogP contribution < -0.4 is 11.1 Å². The molecule has 0 spiro atoms. The van der Waals surface area contributed by atoms with E-state index in [1.165, 1.54) is 6.33 Å². The van der Waals surface area contributed by atoms with Crippen LogP contribution in [0.2, 0.25) is 0 Å². The van der Waals surface area contributed by atoms with E-state index in [0.29, 0.717) is 17.1 Å². The van der Waals surface area contributed by atoms with Gasteiger partial charge < -0.3 is 15.6 Å². The van der Waals surface area contributed by atoms with Crippen molar-refractivity contribution in [2.75, 3.05) is 11.1 Å². The summed E-state index contributed by atoms with van der Waals surface area (Å²) in [6, 6.07) is 1.91. The number of rotatable bonds is 5. The minimum Gasteiger partial charge on any atom is -0.383 e. The number of aromatic nitrogens is 3. The van der Waals surface area contributed by atoms with E-state index in [1.54, 1.807) is 6.07 Å². The van der Waals surface area contributed by atoms with Crippen LogP contribution in [0.4, 0.5) is 11.6 Å². The molecule has 21 heavy (non-hydrogen) atoms. The van der Waals surface area contributed by atoms with Crippen LogP contribution in [0.15, 0.2) is 16.9 Å². The molecule has 4 N–H and O–H groups in total. The van der Waals surface area contributed by atoms with Crippen LogP contribution in [0.1, 0.15) is 50.6 Å². The normalized spacial score (nSPS) is 11.1. The first-order chi connectivity index (χ1) is 9.90. The predicted octanol–water partition coefficient (Wildman–Crippen LogP) is 2.41. The van der Waals surface area contributed by atoms with Crippen LogP contribution >= 0.6 is 0 Å². The molecule has 7 heteroatoms. The van der Waals surface area contributed by atoms with Gasteiger partial charge in [-0.3, -0.25) is 5.41 Å². The van der Waals surface area contributed by atoms with Gasteiger partial charge in [-0.25, -0.2) is 9.97 Å². The smallest absolute Gasteiger partial charge is 0.141 e. The van der Waals surface area contributed by atoms with Gasteiger partial charge in [-0.05, 0) is 13.8 Å². The van der Waals surface area contributed by atoms with Crippen molar-refractivity contribution in [1.29, 1.82) is 5.41 Å². The molecule has 0 aromatic carbocycles. The first kappa shape index (κ1) is 15.0. The van der Waals surface area contributed by atoms with Crippen molar-refractivity contribution < 1.29 is 4.52 Å². The maximum absolute atomic E-state index is 8.33. The van der Waals surface area contributed by atoms with Crippen LogP contribution in [0.3, 0.4) is 0 Å².